The highest BCUT2D eigenvalue weighted by atomic mass is 16.2. The van der Waals surface area contributed by atoms with E-state index in [-0.39, 0.29) is 18.4 Å². The lowest BCUT2D eigenvalue weighted by Crippen LogP contribution is -2.39. The summed E-state index contributed by atoms with van der Waals surface area (Å²) < 4.78 is 0. The Kier molecular flexibility index (Phi) is 4.26. The third-order valence-electron chi connectivity index (χ3n) is 5.23. The molecule has 4 heteroatoms. The summed E-state index contributed by atoms with van der Waals surface area (Å²) in [6.07, 6.45) is 2.05. The van der Waals surface area contributed by atoms with E-state index in [2.05, 4.69) is 24.3 Å². The molecule has 1 unspecified atom stereocenters. The third kappa shape index (κ3) is 3.29. The van der Waals surface area contributed by atoms with Crippen LogP contribution in [0.2, 0.25) is 0 Å². The van der Waals surface area contributed by atoms with Crippen LogP contribution < -0.4 is 0 Å². The lowest BCUT2D eigenvalue weighted by Gasteiger charge is -2.21. The summed E-state index contributed by atoms with van der Waals surface area (Å²) in [4.78, 5) is 28.6. The molecule has 2 aliphatic rings. The van der Waals surface area contributed by atoms with Crippen LogP contribution in [0.25, 0.3) is 0 Å². The fourth-order valence-corrected chi connectivity index (χ4v) is 3.88. The molecule has 25 heavy (non-hydrogen) atoms. The zero-order valence-electron chi connectivity index (χ0n) is 14.2. The number of nitrogens with zero attached hydrogens (tertiary/aromatic N) is 2. The van der Waals surface area contributed by atoms with Crippen LogP contribution in [0.15, 0.2) is 54.6 Å². The topological polar surface area (TPSA) is 40.6 Å². The largest absolute Gasteiger partial charge is 0.341 e. The van der Waals surface area contributed by atoms with E-state index >= 15 is 0 Å². The second-order valence-corrected chi connectivity index (χ2v) is 7.00. The van der Waals surface area contributed by atoms with E-state index < -0.39 is 0 Å². The normalized spacial score (nSPS) is 19.4. The van der Waals surface area contributed by atoms with Crippen molar-refractivity contribution in [2.75, 3.05) is 19.6 Å². The number of likely N-dealkylation sites (tertiary alicyclic amines) is 1. The summed E-state index contributed by atoms with van der Waals surface area (Å²) in [6, 6.07) is 18.0. The molecular weight excluding hydrogens is 312 g/mol. The molecule has 0 aromatic heterocycles. The Balaban J connectivity index is 1.33. The van der Waals surface area contributed by atoms with Crippen LogP contribution >= 0.6 is 0 Å². The maximum Gasteiger partial charge on any atom is 0.254 e. The van der Waals surface area contributed by atoms with Crippen molar-refractivity contribution < 1.29 is 9.59 Å². The van der Waals surface area contributed by atoms with Gasteiger partial charge in [0.2, 0.25) is 5.91 Å². The molecule has 1 atom stereocenters. The standard InChI is InChI=1S/C21H22N2O2/c24-20(15-23-14-18-8-4-5-9-19(18)21(23)25)22-11-10-17(13-22)12-16-6-2-1-3-7-16/h1-9,17H,10-15H2. The summed E-state index contributed by atoms with van der Waals surface area (Å²) in [5.74, 6) is 0.554. The molecule has 0 radical (unpaired) electrons. The first kappa shape index (κ1) is 15.9. The van der Waals surface area contributed by atoms with Crippen molar-refractivity contribution in [2.45, 2.75) is 19.4 Å². The second-order valence-electron chi connectivity index (χ2n) is 7.00. The molecule has 0 bridgehead atoms. The minimum atomic E-state index is -0.0241. The third-order valence-corrected chi connectivity index (χ3v) is 5.23. The molecule has 1 fully saturated rings. The second kappa shape index (κ2) is 6.71. The average molecular weight is 334 g/mol. The van der Waals surface area contributed by atoms with Crippen LogP contribution in [0.5, 0.6) is 0 Å². The van der Waals surface area contributed by atoms with Crippen molar-refractivity contribution in [1.82, 2.24) is 9.80 Å². The van der Waals surface area contributed by atoms with Gasteiger partial charge in [0.25, 0.3) is 5.91 Å². The van der Waals surface area contributed by atoms with Crippen molar-refractivity contribution in [1.29, 1.82) is 0 Å². The molecule has 2 aromatic rings. The van der Waals surface area contributed by atoms with E-state index in [4.69, 9.17) is 0 Å². The maximum absolute atomic E-state index is 12.6. The highest BCUT2D eigenvalue weighted by Crippen LogP contribution is 2.24. The SMILES string of the molecule is O=C(CN1Cc2ccccc2C1=O)N1CCC(Cc2ccccc2)C1. The summed E-state index contributed by atoms with van der Waals surface area (Å²) in [7, 11) is 0. The van der Waals surface area contributed by atoms with Crippen LogP contribution in [-0.4, -0.2) is 41.2 Å². The van der Waals surface area contributed by atoms with Gasteiger partial charge in [-0.1, -0.05) is 48.5 Å². The van der Waals surface area contributed by atoms with Crippen molar-refractivity contribution in [3.05, 3.63) is 71.3 Å². The molecule has 2 heterocycles. The maximum atomic E-state index is 12.6. The Morgan fingerprint density at radius 3 is 2.60 bits per heavy atom. The van der Waals surface area contributed by atoms with Crippen LogP contribution in [0.3, 0.4) is 0 Å². The number of fused-ring (bicyclic) bond motifs is 1. The highest BCUT2D eigenvalue weighted by Gasteiger charge is 2.32. The molecular formula is C21H22N2O2. The minimum absolute atomic E-state index is 0.0241. The van der Waals surface area contributed by atoms with Gasteiger partial charge in [-0.05, 0) is 36.0 Å². The smallest absolute Gasteiger partial charge is 0.254 e. The number of benzene rings is 2. The lowest BCUT2D eigenvalue weighted by molar-refractivity contribution is -0.131. The van der Waals surface area contributed by atoms with Gasteiger partial charge in [0.15, 0.2) is 0 Å². The Labute approximate surface area is 148 Å². The molecule has 2 amide bonds. The van der Waals surface area contributed by atoms with Crippen LogP contribution in [-0.2, 0) is 17.8 Å². The van der Waals surface area contributed by atoms with Crippen LogP contribution in [0, 0.1) is 5.92 Å². The number of amides is 2. The molecule has 4 nitrogen and oxygen atoms in total. The Morgan fingerprint density at radius 1 is 1.04 bits per heavy atom. The van der Waals surface area contributed by atoms with Crippen molar-refractivity contribution >= 4 is 11.8 Å². The fraction of sp³-hybridized carbons (Fsp3) is 0.333. The first-order valence-electron chi connectivity index (χ1n) is 8.89. The Morgan fingerprint density at radius 2 is 1.80 bits per heavy atom. The van der Waals surface area contributed by atoms with E-state index in [1.54, 1.807) is 4.90 Å². The summed E-state index contributed by atoms with van der Waals surface area (Å²) >= 11 is 0. The van der Waals surface area contributed by atoms with E-state index in [1.165, 1.54) is 5.56 Å². The van der Waals surface area contributed by atoms with E-state index in [1.807, 2.05) is 35.2 Å². The zero-order chi connectivity index (χ0) is 17.2. The summed E-state index contributed by atoms with van der Waals surface area (Å²) in [6.45, 7) is 2.32. The van der Waals surface area contributed by atoms with E-state index in [0.29, 0.717) is 12.5 Å². The first-order valence-corrected chi connectivity index (χ1v) is 8.89. The Hall–Kier alpha value is -2.62. The Bertz CT molecular complexity index is 787. The lowest BCUT2D eigenvalue weighted by atomic mass is 9.99. The van der Waals surface area contributed by atoms with Gasteiger partial charge in [-0.3, -0.25) is 9.59 Å². The number of carbonyl (C=O) groups is 2. The van der Waals surface area contributed by atoms with Gasteiger partial charge >= 0.3 is 0 Å². The van der Waals surface area contributed by atoms with Crippen molar-refractivity contribution in [3.63, 3.8) is 0 Å². The molecule has 1 saturated heterocycles. The van der Waals surface area contributed by atoms with Gasteiger partial charge in [-0.2, -0.15) is 0 Å². The number of hydrogen-bond acceptors (Lipinski definition) is 2. The van der Waals surface area contributed by atoms with E-state index in [9.17, 15) is 9.59 Å². The molecule has 0 N–H and O–H groups in total. The fourth-order valence-electron chi connectivity index (χ4n) is 3.88. The van der Waals surface area contributed by atoms with Gasteiger partial charge in [-0.25, -0.2) is 0 Å². The first-order chi connectivity index (χ1) is 12.2. The van der Waals surface area contributed by atoms with Gasteiger partial charge in [0.1, 0.15) is 6.54 Å². The highest BCUT2D eigenvalue weighted by molar-refractivity contribution is 6.00. The quantitative estimate of drug-likeness (QED) is 0.863. The molecule has 0 saturated carbocycles. The number of rotatable bonds is 4. The van der Waals surface area contributed by atoms with Gasteiger partial charge in [0.05, 0.1) is 0 Å². The molecule has 4 rings (SSSR count). The van der Waals surface area contributed by atoms with Crippen molar-refractivity contribution in [3.8, 4) is 0 Å². The predicted molar refractivity (Wildman–Crippen MR) is 96.0 cm³/mol. The zero-order valence-corrected chi connectivity index (χ0v) is 14.2. The van der Waals surface area contributed by atoms with Crippen LogP contribution in [0.1, 0.15) is 27.9 Å². The number of hydrogen-bond donors (Lipinski definition) is 0. The number of carbonyl (C=O) groups excluding carboxylic acids is 2. The van der Waals surface area contributed by atoms with Gasteiger partial charge in [0, 0.05) is 25.2 Å². The summed E-state index contributed by atoms with van der Waals surface area (Å²) in [5.41, 5.74) is 3.08. The summed E-state index contributed by atoms with van der Waals surface area (Å²) in [5, 5.41) is 0. The molecule has 0 aliphatic carbocycles. The van der Waals surface area contributed by atoms with Crippen molar-refractivity contribution in [2.24, 2.45) is 5.92 Å². The molecule has 128 valence electrons. The minimum Gasteiger partial charge on any atom is -0.341 e. The molecule has 2 aliphatic heterocycles. The van der Waals surface area contributed by atoms with Gasteiger partial charge in [-0.15, -0.1) is 0 Å². The molecule has 0 spiro atoms. The van der Waals surface area contributed by atoms with Crippen LogP contribution in [0.4, 0.5) is 0 Å². The molecule has 2 aromatic carbocycles. The van der Waals surface area contributed by atoms with Gasteiger partial charge < -0.3 is 9.80 Å². The predicted octanol–water partition coefficient (Wildman–Crippen LogP) is 2.73. The monoisotopic (exact) mass is 334 g/mol. The van der Waals surface area contributed by atoms with E-state index in [0.717, 1.165) is 37.1 Å². The average Bonchev–Trinajstić information content (AvgIpc) is 3.22.